The third-order valence-corrected chi connectivity index (χ3v) is 6.22. The predicted octanol–water partition coefficient (Wildman–Crippen LogP) is 4.69. The molecule has 0 unspecified atom stereocenters. The Kier molecular flexibility index (Phi) is 6.60. The molecule has 31 heavy (non-hydrogen) atoms. The molecule has 0 atom stereocenters. The van der Waals surface area contributed by atoms with E-state index in [0.29, 0.717) is 17.1 Å². The molecule has 0 aliphatic carbocycles. The molecule has 0 radical (unpaired) electrons. The van der Waals surface area contributed by atoms with Crippen LogP contribution in [0.4, 0.5) is 15.8 Å². The summed E-state index contributed by atoms with van der Waals surface area (Å²) in [5, 5.41) is 2.76. The first-order valence-electron chi connectivity index (χ1n) is 9.60. The van der Waals surface area contributed by atoms with Crippen molar-refractivity contribution in [1.82, 2.24) is 0 Å². The number of para-hydroxylation sites is 2. The SMILES string of the molecule is CC(C)Oc1ccccc1NC(=O)c1cccc(S(=O)(=O)N(C)c2ccc(F)cc2)c1. The number of hydrogen-bond donors (Lipinski definition) is 1. The molecular formula is C23H23FN2O4S. The molecule has 0 aliphatic heterocycles. The standard InChI is InChI=1S/C23H23FN2O4S/c1-16(2)30-22-10-5-4-9-21(22)25-23(27)17-7-6-8-20(15-17)31(28,29)26(3)19-13-11-18(24)12-14-19/h4-16H,1-3H3,(H,25,27). The van der Waals surface area contributed by atoms with E-state index in [1.165, 1.54) is 55.6 Å². The number of carbonyl (C=O) groups is 1. The van der Waals surface area contributed by atoms with E-state index in [9.17, 15) is 17.6 Å². The molecule has 3 aromatic rings. The minimum absolute atomic E-state index is 0.0568. The molecule has 0 saturated heterocycles. The van der Waals surface area contributed by atoms with Gasteiger partial charge in [-0.15, -0.1) is 0 Å². The van der Waals surface area contributed by atoms with Crippen LogP contribution in [0.25, 0.3) is 0 Å². The zero-order valence-corrected chi connectivity index (χ0v) is 18.2. The number of nitrogens with zero attached hydrogens (tertiary/aromatic N) is 1. The summed E-state index contributed by atoms with van der Waals surface area (Å²) in [7, 11) is -2.58. The van der Waals surface area contributed by atoms with Gasteiger partial charge in [-0.25, -0.2) is 12.8 Å². The van der Waals surface area contributed by atoms with Crippen molar-refractivity contribution < 1.29 is 22.3 Å². The molecule has 0 aliphatic rings. The van der Waals surface area contributed by atoms with Gasteiger partial charge in [-0.1, -0.05) is 18.2 Å². The molecule has 0 aromatic heterocycles. The predicted molar refractivity (Wildman–Crippen MR) is 119 cm³/mol. The summed E-state index contributed by atoms with van der Waals surface area (Å²) in [6.07, 6.45) is -0.0754. The monoisotopic (exact) mass is 442 g/mol. The third-order valence-electron chi connectivity index (χ3n) is 4.44. The van der Waals surface area contributed by atoms with Crippen LogP contribution < -0.4 is 14.4 Å². The van der Waals surface area contributed by atoms with E-state index in [4.69, 9.17) is 4.74 Å². The largest absolute Gasteiger partial charge is 0.489 e. The van der Waals surface area contributed by atoms with Gasteiger partial charge < -0.3 is 10.1 Å². The summed E-state index contributed by atoms with van der Waals surface area (Å²) < 4.78 is 45.9. The highest BCUT2D eigenvalue weighted by Gasteiger charge is 2.23. The van der Waals surface area contributed by atoms with E-state index < -0.39 is 21.7 Å². The Morgan fingerprint density at radius 1 is 1.00 bits per heavy atom. The highest BCUT2D eigenvalue weighted by Crippen LogP contribution is 2.26. The lowest BCUT2D eigenvalue weighted by Crippen LogP contribution is -2.27. The van der Waals surface area contributed by atoms with Gasteiger partial charge in [0, 0.05) is 12.6 Å². The van der Waals surface area contributed by atoms with Crippen molar-refractivity contribution in [3.8, 4) is 5.75 Å². The zero-order chi connectivity index (χ0) is 22.6. The van der Waals surface area contributed by atoms with Crippen molar-refractivity contribution in [2.24, 2.45) is 0 Å². The van der Waals surface area contributed by atoms with Gasteiger partial charge in [-0.2, -0.15) is 0 Å². The van der Waals surface area contributed by atoms with E-state index in [1.54, 1.807) is 24.3 Å². The van der Waals surface area contributed by atoms with Crippen LogP contribution in [-0.2, 0) is 10.0 Å². The van der Waals surface area contributed by atoms with Crippen molar-refractivity contribution in [1.29, 1.82) is 0 Å². The molecule has 6 nitrogen and oxygen atoms in total. The second-order valence-electron chi connectivity index (χ2n) is 7.09. The van der Waals surface area contributed by atoms with Crippen LogP contribution in [0.15, 0.2) is 77.7 Å². The highest BCUT2D eigenvalue weighted by atomic mass is 32.2. The van der Waals surface area contributed by atoms with Crippen LogP contribution in [-0.4, -0.2) is 27.5 Å². The van der Waals surface area contributed by atoms with Crippen molar-refractivity contribution in [3.05, 3.63) is 84.2 Å². The van der Waals surface area contributed by atoms with E-state index in [2.05, 4.69) is 5.32 Å². The van der Waals surface area contributed by atoms with Crippen LogP contribution in [0.2, 0.25) is 0 Å². The van der Waals surface area contributed by atoms with Gasteiger partial charge in [-0.3, -0.25) is 9.10 Å². The topological polar surface area (TPSA) is 75.7 Å². The number of rotatable bonds is 7. The van der Waals surface area contributed by atoms with Gasteiger partial charge in [0.05, 0.1) is 22.4 Å². The second kappa shape index (κ2) is 9.18. The number of nitrogens with one attached hydrogen (secondary N) is 1. The molecule has 0 bridgehead atoms. The molecule has 0 spiro atoms. The van der Waals surface area contributed by atoms with Gasteiger partial charge >= 0.3 is 0 Å². The fourth-order valence-corrected chi connectivity index (χ4v) is 4.11. The number of hydrogen-bond acceptors (Lipinski definition) is 4. The maximum absolute atomic E-state index is 13.2. The van der Waals surface area contributed by atoms with Crippen LogP contribution in [0.5, 0.6) is 5.75 Å². The lowest BCUT2D eigenvalue weighted by atomic mass is 10.2. The lowest BCUT2D eigenvalue weighted by Gasteiger charge is -2.20. The number of benzene rings is 3. The van der Waals surface area contributed by atoms with Crippen LogP contribution in [0.1, 0.15) is 24.2 Å². The maximum Gasteiger partial charge on any atom is 0.264 e. The second-order valence-corrected chi connectivity index (χ2v) is 9.06. The molecular weight excluding hydrogens is 419 g/mol. The van der Waals surface area contributed by atoms with Crippen molar-refractivity contribution in [2.75, 3.05) is 16.7 Å². The van der Waals surface area contributed by atoms with Gasteiger partial charge in [0.25, 0.3) is 15.9 Å². The maximum atomic E-state index is 13.2. The Morgan fingerprint density at radius 3 is 2.35 bits per heavy atom. The molecule has 0 fully saturated rings. The molecule has 3 rings (SSSR count). The van der Waals surface area contributed by atoms with E-state index in [-0.39, 0.29) is 16.6 Å². The minimum Gasteiger partial charge on any atom is -0.489 e. The van der Waals surface area contributed by atoms with Gasteiger partial charge in [0.15, 0.2) is 0 Å². The Morgan fingerprint density at radius 2 is 1.68 bits per heavy atom. The fourth-order valence-electron chi connectivity index (χ4n) is 2.87. The number of halogens is 1. The summed E-state index contributed by atoms with van der Waals surface area (Å²) in [6, 6.07) is 17.8. The van der Waals surface area contributed by atoms with E-state index >= 15 is 0 Å². The van der Waals surface area contributed by atoms with Crippen molar-refractivity contribution in [3.63, 3.8) is 0 Å². The first kappa shape index (κ1) is 22.3. The zero-order valence-electron chi connectivity index (χ0n) is 17.4. The van der Waals surface area contributed by atoms with Gasteiger partial charge in [0.1, 0.15) is 11.6 Å². The number of carbonyl (C=O) groups excluding carboxylic acids is 1. The Hall–Kier alpha value is -3.39. The Balaban J connectivity index is 1.86. The quantitative estimate of drug-likeness (QED) is 0.576. The van der Waals surface area contributed by atoms with Gasteiger partial charge in [-0.05, 0) is 68.4 Å². The summed E-state index contributed by atoms with van der Waals surface area (Å²) in [5.41, 5.74) is 0.960. The van der Waals surface area contributed by atoms with Crippen LogP contribution in [0, 0.1) is 5.82 Å². The molecule has 1 N–H and O–H groups in total. The first-order chi connectivity index (χ1) is 14.7. The third kappa shape index (κ3) is 5.21. The number of sulfonamides is 1. The normalized spacial score (nSPS) is 11.3. The number of amides is 1. The van der Waals surface area contributed by atoms with E-state index in [1.807, 2.05) is 13.8 Å². The summed E-state index contributed by atoms with van der Waals surface area (Å²) in [6.45, 7) is 3.76. The lowest BCUT2D eigenvalue weighted by molar-refractivity contribution is 0.102. The average molecular weight is 443 g/mol. The Bertz CT molecular complexity index is 1180. The molecule has 1 amide bonds. The average Bonchev–Trinajstić information content (AvgIpc) is 2.75. The van der Waals surface area contributed by atoms with Crippen LogP contribution in [0.3, 0.4) is 0 Å². The summed E-state index contributed by atoms with van der Waals surface area (Å²) in [4.78, 5) is 12.7. The van der Waals surface area contributed by atoms with Crippen molar-refractivity contribution >= 4 is 27.3 Å². The van der Waals surface area contributed by atoms with E-state index in [0.717, 1.165) is 4.31 Å². The summed E-state index contributed by atoms with van der Waals surface area (Å²) >= 11 is 0. The van der Waals surface area contributed by atoms with Crippen LogP contribution >= 0.6 is 0 Å². The fraction of sp³-hybridized carbons (Fsp3) is 0.174. The molecule has 162 valence electrons. The van der Waals surface area contributed by atoms with Gasteiger partial charge in [0.2, 0.25) is 0 Å². The molecule has 0 saturated carbocycles. The smallest absolute Gasteiger partial charge is 0.264 e. The Labute approximate surface area is 181 Å². The first-order valence-corrected chi connectivity index (χ1v) is 11.0. The molecule has 0 heterocycles. The van der Waals surface area contributed by atoms with Crippen molar-refractivity contribution in [2.45, 2.75) is 24.8 Å². The number of ether oxygens (including phenoxy) is 1. The molecule has 8 heteroatoms. The summed E-state index contributed by atoms with van der Waals surface area (Å²) in [5.74, 6) is -0.415. The number of anilines is 2. The highest BCUT2D eigenvalue weighted by molar-refractivity contribution is 7.92. The molecule has 3 aromatic carbocycles. The minimum atomic E-state index is -3.95.